The second kappa shape index (κ2) is 4.09. The fourth-order valence-corrected chi connectivity index (χ4v) is 3.70. The molecule has 4 unspecified atom stereocenters. The zero-order valence-corrected chi connectivity index (χ0v) is 10.3. The van der Waals surface area contributed by atoms with Crippen LogP contribution in [-0.4, -0.2) is 35.8 Å². The summed E-state index contributed by atoms with van der Waals surface area (Å²) in [5.41, 5.74) is 0. The van der Waals surface area contributed by atoms with Gasteiger partial charge in [0.15, 0.2) is 0 Å². The van der Waals surface area contributed by atoms with Gasteiger partial charge in [0.2, 0.25) is 11.8 Å². The number of nitrogens with zero attached hydrogens (tertiary/aromatic N) is 1. The molecular formula is C13H20N2O2. The Bertz CT molecular complexity index is 333. The minimum absolute atomic E-state index is 0.0136. The molecule has 0 spiro atoms. The van der Waals surface area contributed by atoms with E-state index in [2.05, 4.69) is 12.2 Å². The Labute approximate surface area is 102 Å². The molecule has 0 aromatic heterocycles. The second-order valence-corrected chi connectivity index (χ2v) is 5.84. The maximum absolute atomic E-state index is 12.3. The molecule has 4 nitrogen and oxygen atoms in total. The average Bonchev–Trinajstić information content (AvgIpc) is 2.84. The molecular weight excluding hydrogens is 216 g/mol. The van der Waals surface area contributed by atoms with Gasteiger partial charge >= 0.3 is 0 Å². The van der Waals surface area contributed by atoms with Crippen molar-refractivity contribution >= 4 is 11.8 Å². The summed E-state index contributed by atoms with van der Waals surface area (Å²) in [5.74, 6) is 0.797. The van der Waals surface area contributed by atoms with E-state index in [4.69, 9.17) is 0 Å². The van der Waals surface area contributed by atoms with Crippen molar-refractivity contribution in [1.29, 1.82) is 0 Å². The maximum atomic E-state index is 12.3. The summed E-state index contributed by atoms with van der Waals surface area (Å²) < 4.78 is 0. The van der Waals surface area contributed by atoms with Crippen LogP contribution in [0.15, 0.2) is 0 Å². The molecule has 3 rings (SSSR count). The highest BCUT2D eigenvalue weighted by Gasteiger charge is 2.51. The third-order valence-corrected chi connectivity index (χ3v) is 4.54. The van der Waals surface area contributed by atoms with Crippen LogP contribution in [0.4, 0.5) is 0 Å². The van der Waals surface area contributed by atoms with Gasteiger partial charge in [-0.3, -0.25) is 14.5 Å². The zero-order chi connectivity index (χ0) is 12.0. The number of hydrogen-bond donors (Lipinski definition) is 1. The van der Waals surface area contributed by atoms with E-state index in [1.54, 1.807) is 4.90 Å². The standard InChI is InChI=1S/C13H20N2O2/c1-8-5-9(7-14-6-8)15-12(16)10-3-2-4-11(10)13(15)17/h8-11,14H,2-7H2,1H3. The number of likely N-dealkylation sites (tertiary alicyclic amines) is 1. The average molecular weight is 236 g/mol. The quantitative estimate of drug-likeness (QED) is 0.684. The highest BCUT2D eigenvalue weighted by Crippen LogP contribution is 2.41. The van der Waals surface area contributed by atoms with Crippen molar-refractivity contribution in [2.24, 2.45) is 17.8 Å². The fraction of sp³-hybridized carbons (Fsp3) is 0.846. The molecule has 0 aromatic rings. The van der Waals surface area contributed by atoms with Crippen LogP contribution in [-0.2, 0) is 9.59 Å². The third-order valence-electron chi connectivity index (χ3n) is 4.54. The number of fused-ring (bicyclic) bond motifs is 1. The van der Waals surface area contributed by atoms with Crippen LogP contribution in [0.3, 0.4) is 0 Å². The molecule has 3 aliphatic rings. The van der Waals surface area contributed by atoms with Gasteiger partial charge in [-0.2, -0.15) is 0 Å². The molecule has 3 fully saturated rings. The number of imide groups is 1. The fourth-order valence-electron chi connectivity index (χ4n) is 3.70. The Hall–Kier alpha value is -0.900. The normalized spacial score (nSPS) is 42.1. The topological polar surface area (TPSA) is 49.4 Å². The summed E-state index contributed by atoms with van der Waals surface area (Å²) in [5, 5.41) is 3.32. The van der Waals surface area contributed by atoms with Gasteiger partial charge in [-0.05, 0) is 31.7 Å². The number of piperidine rings is 1. The molecule has 94 valence electrons. The summed E-state index contributed by atoms with van der Waals surface area (Å²) in [7, 11) is 0. The Morgan fingerprint density at radius 2 is 1.76 bits per heavy atom. The summed E-state index contributed by atoms with van der Waals surface area (Å²) in [6, 6.07) is 0.101. The lowest BCUT2D eigenvalue weighted by molar-refractivity contribution is -0.143. The van der Waals surface area contributed by atoms with Gasteiger partial charge < -0.3 is 5.32 Å². The van der Waals surface area contributed by atoms with E-state index in [-0.39, 0.29) is 29.7 Å². The van der Waals surface area contributed by atoms with Crippen LogP contribution in [0.1, 0.15) is 32.6 Å². The summed E-state index contributed by atoms with van der Waals surface area (Å²) in [6.07, 6.45) is 3.84. The molecule has 4 heteroatoms. The molecule has 17 heavy (non-hydrogen) atoms. The first-order chi connectivity index (χ1) is 8.18. The van der Waals surface area contributed by atoms with Crippen LogP contribution < -0.4 is 5.32 Å². The first-order valence-electron chi connectivity index (χ1n) is 6.76. The van der Waals surface area contributed by atoms with E-state index < -0.39 is 0 Å². The van der Waals surface area contributed by atoms with Gasteiger partial charge in [0.25, 0.3) is 0 Å². The highest BCUT2D eigenvalue weighted by molar-refractivity contribution is 6.05. The molecule has 0 aromatic carbocycles. The Kier molecular flexibility index (Phi) is 2.69. The van der Waals surface area contributed by atoms with Crippen molar-refractivity contribution in [2.45, 2.75) is 38.6 Å². The summed E-state index contributed by atoms with van der Waals surface area (Å²) >= 11 is 0. The van der Waals surface area contributed by atoms with Crippen LogP contribution in [0, 0.1) is 17.8 Å². The van der Waals surface area contributed by atoms with E-state index in [0.29, 0.717) is 5.92 Å². The minimum atomic E-state index is 0.0136. The first-order valence-corrected chi connectivity index (χ1v) is 6.76. The smallest absolute Gasteiger partial charge is 0.233 e. The van der Waals surface area contributed by atoms with Crippen LogP contribution in [0.2, 0.25) is 0 Å². The van der Waals surface area contributed by atoms with Gasteiger partial charge in [0.05, 0.1) is 17.9 Å². The lowest BCUT2D eigenvalue weighted by atomic mass is 9.96. The third kappa shape index (κ3) is 1.69. The van der Waals surface area contributed by atoms with Crippen LogP contribution in [0.5, 0.6) is 0 Å². The minimum Gasteiger partial charge on any atom is -0.314 e. The van der Waals surface area contributed by atoms with E-state index in [9.17, 15) is 9.59 Å². The Morgan fingerprint density at radius 1 is 1.12 bits per heavy atom. The molecule has 1 aliphatic carbocycles. The van der Waals surface area contributed by atoms with Gasteiger partial charge in [-0.25, -0.2) is 0 Å². The lowest BCUT2D eigenvalue weighted by Gasteiger charge is -2.33. The van der Waals surface area contributed by atoms with Crippen molar-refractivity contribution in [1.82, 2.24) is 10.2 Å². The Morgan fingerprint density at radius 3 is 2.35 bits per heavy atom. The lowest BCUT2D eigenvalue weighted by Crippen LogP contribution is -2.51. The molecule has 4 atom stereocenters. The molecule has 0 bridgehead atoms. The number of hydrogen-bond acceptors (Lipinski definition) is 3. The van der Waals surface area contributed by atoms with Crippen molar-refractivity contribution in [2.75, 3.05) is 13.1 Å². The molecule has 0 radical (unpaired) electrons. The molecule has 2 amide bonds. The van der Waals surface area contributed by atoms with E-state index in [1.807, 2.05) is 0 Å². The highest BCUT2D eigenvalue weighted by atomic mass is 16.2. The van der Waals surface area contributed by atoms with Crippen molar-refractivity contribution in [3.8, 4) is 0 Å². The predicted octanol–water partition coefficient (Wildman–Crippen LogP) is 0.769. The number of carbonyl (C=O) groups excluding carboxylic acids is 2. The predicted molar refractivity (Wildman–Crippen MR) is 63.1 cm³/mol. The largest absolute Gasteiger partial charge is 0.314 e. The Balaban J connectivity index is 1.79. The van der Waals surface area contributed by atoms with Crippen molar-refractivity contribution < 1.29 is 9.59 Å². The molecule has 2 saturated heterocycles. The van der Waals surface area contributed by atoms with Crippen molar-refractivity contribution in [3.05, 3.63) is 0 Å². The maximum Gasteiger partial charge on any atom is 0.233 e. The van der Waals surface area contributed by atoms with Gasteiger partial charge in [0.1, 0.15) is 0 Å². The number of nitrogens with one attached hydrogen (secondary N) is 1. The summed E-state index contributed by atoms with van der Waals surface area (Å²) in [4.78, 5) is 26.2. The first kappa shape index (κ1) is 11.2. The second-order valence-electron chi connectivity index (χ2n) is 5.84. The van der Waals surface area contributed by atoms with E-state index in [0.717, 1.165) is 38.8 Å². The summed E-state index contributed by atoms with van der Waals surface area (Å²) in [6.45, 7) is 3.95. The number of amides is 2. The SMILES string of the molecule is CC1CNCC(N2C(=O)C3CCCC3C2=O)C1. The van der Waals surface area contributed by atoms with Crippen molar-refractivity contribution in [3.63, 3.8) is 0 Å². The van der Waals surface area contributed by atoms with E-state index in [1.165, 1.54) is 0 Å². The number of rotatable bonds is 1. The van der Waals surface area contributed by atoms with Crippen LogP contribution >= 0.6 is 0 Å². The molecule has 1 saturated carbocycles. The molecule has 2 heterocycles. The molecule has 2 aliphatic heterocycles. The zero-order valence-electron chi connectivity index (χ0n) is 10.3. The molecule has 1 N–H and O–H groups in total. The van der Waals surface area contributed by atoms with Crippen LogP contribution in [0.25, 0.3) is 0 Å². The van der Waals surface area contributed by atoms with E-state index >= 15 is 0 Å². The van der Waals surface area contributed by atoms with Gasteiger partial charge in [0, 0.05) is 6.54 Å². The number of carbonyl (C=O) groups is 2. The monoisotopic (exact) mass is 236 g/mol. The van der Waals surface area contributed by atoms with Gasteiger partial charge in [-0.15, -0.1) is 0 Å². The van der Waals surface area contributed by atoms with Gasteiger partial charge in [-0.1, -0.05) is 13.3 Å².